The van der Waals surface area contributed by atoms with E-state index < -0.39 is 10.0 Å². The number of hydroxylamine groups is 2. The Balaban J connectivity index is 2.03. The summed E-state index contributed by atoms with van der Waals surface area (Å²) in [5, 5.41) is 0. The van der Waals surface area contributed by atoms with Crippen LogP contribution in [-0.4, -0.2) is 30.9 Å². The molecule has 1 aliphatic rings. The lowest BCUT2D eigenvalue weighted by Crippen LogP contribution is -2.29. The van der Waals surface area contributed by atoms with Gasteiger partial charge in [-0.25, -0.2) is 19.4 Å². The van der Waals surface area contributed by atoms with Gasteiger partial charge in [-0.05, 0) is 26.0 Å². The Labute approximate surface area is 161 Å². The number of nitrogens with one attached hydrogen (secondary N) is 3. The molecule has 0 amide bonds. The van der Waals surface area contributed by atoms with Gasteiger partial charge in [-0.1, -0.05) is 29.9 Å². The van der Waals surface area contributed by atoms with Crippen LogP contribution in [0.5, 0.6) is 0 Å². The van der Waals surface area contributed by atoms with Gasteiger partial charge < -0.3 is 4.74 Å². The van der Waals surface area contributed by atoms with Crippen LogP contribution in [0.15, 0.2) is 40.7 Å². The van der Waals surface area contributed by atoms with Gasteiger partial charge in [-0.2, -0.15) is 4.94 Å². The van der Waals surface area contributed by atoms with E-state index in [4.69, 9.17) is 21.9 Å². The number of aryl methyl sites for hydroxylation is 1. The van der Waals surface area contributed by atoms with Gasteiger partial charge in [-0.15, -0.1) is 11.8 Å². The Bertz CT molecular complexity index is 806. The standard InChI is InChI=1S/C15H19N3O5S3/c1-3-22-12(19)8-9-25-15(24)13-14(17-23-16-13)18-26(20,21)11-6-4-10(2)5-7-11/h4-7,16-18H,3,8-9H2,1-2H3. The molecule has 0 aromatic heterocycles. The summed E-state index contributed by atoms with van der Waals surface area (Å²) in [6, 6.07) is 6.42. The number of benzene rings is 1. The lowest BCUT2D eigenvalue weighted by molar-refractivity contribution is -0.142. The van der Waals surface area contributed by atoms with E-state index in [9.17, 15) is 13.2 Å². The average molecular weight is 418 g/mol. The van der Waals surface area contributed by atoms with Crippen molar-refractivity contribution in [1.29, 1.82) is 0 Å². The summed E-state index contributed by atoms with van der Waals surface area (Å²) >= 11 is 6.48. The summed E-state index contributed by atoms with van der Waals surface area (Å²) in [7, 11) is -3.80. The first-order chi connectivity index (χ1) is 12.3. The van der Waals surface area contributed by atoms with E-state index in [0.717, 1.165) is 5.56 Å². The highest BCUT2D eigenvalue weighted by molar-refractivity contribution is 8.23. The molecule has 26 heavy (non-hydrogen) atoms. The number of carbonyl (C=O) groups is 1. The minimum atomic E-state index is -3.80. The maximum Gasteiger partial charge on any atom is 0.306 e. The molecule has 1 aromatic rings. The second-order valence-corrected chi connectivity index (χ2v) is 8.62. The summed E-state index contributed by atoms with van der Waals surface area (Å²) in [4.78, 5) is 16.3. The third-order valence-corrected chi connectivity index (χ3v) is 5.97. The van der Waals surface area contributed by atoms with Gasteiger partial charge in [0, 0.05) is 5.75 Å². The molecule has 0 unspecified atom stereocenters. The second-order valence-electron chi connectivity index (χ2n) is 5.17. The molecule has 0 fully saturated rings. The molecule has 0 aliphatic carbocycles. The zero-order chi connectivity index (χ0) is 19.2. The van der Waals surface area contributed by atoms with E-state index in [2.05, 4.69) is 15.7 Å². The zero-order valence-corrected chi connectivity index (χ0v) is 16.6. The van der Waals surface area contributed by atoms with E-state index in [1.165, 1.54) is 23.9 Å². The second kappa shape index (κ2) is 9.21. The SMILES string of the molecule is CCOC(=O)CCSC(=S)C1=C(NS(=O)(=O)c2ccc(C)cc2)NON1. The van der Waals surface area contributed by atoms with Crippen LogP contribution >= 0.6 is 24.0 Å². The minimum Gasteiger partial charge on any atom is -0.466 e. The topological polar surface area (TPSA) is 106 Å². The number of thiocarbonyl (C=S) groups is 1. The Morgan fingerprint density at radius 1 is 1.31 bits per heavy atom. The van der Waals surface area contributed by atoms with Crippen LogP contribution in [0.25, 0.3) is 0 Å². The molecule has 0 saturated heterocycles. The van der Waals surface area contributed by atoms with Gasteiger partial charge in [0.2, 0.25) is 0 Å². The van der Waals surface area contributed by atoms with E-state index in [1.54, 1.807) is 19.1 Å². The molecule has 0 bridgehead atoms. The predicted octanol–water partition coefficient (Wildman–Crippen LogP) is 1.50. The van der Waals surface area contributed by atoms with E-state index >= 15 is 0 Å². The highest BCUT2D eigenvalue weighted by Crippen LogP contribution is 2.18. The molecule has 1 aromatic carbocycles. The number of hydrogen-bond donors (Lipinski definition) is 3. The van der Waals surface area contributed by atoms with Crippen molar-refractivity contribution in [2.24, 2.45) is 0 Å². The fourth-order valence-corrected chi connectivity index (χ4v) is 4.05. The Morgan fingerprint density at radius 3 is 2.65 bits per heavy atom. The van der Waals surface area contributed by atoms with Crippen molar-refractivity contribution >= 4 is 44.2 Å². The molecule has 11 heteroatoms. The van der Waals surface area contributed by atoms with Crippen molar-refractivity contribution in [1.82, 2.24) is 15.7 Å². The third-order valence-electron chi connectivity index (χ3n) is 3.17. The Kier molecular flexibility index (Phi) is 7.26. The fourth-order valence-electron chi connectivity index (χ4n) is 1.89. The van der Waals surface area contributed by atoms with Crippen molar-refractivity contribution < 1.29 is 22.9 Å². The summed E-state index contributed by atoms with van der Waals surface area (Å²) < 4.78 is 32.5. The number of carbonyl (C=O) groups excluding carboxylic acids is 1. The molecular weight excluding hydrogens is 398 g/mol. The minimum absolute atomic E-state index is 0.0826. The van der Waals surface area contributed by atoms with Crippen LogP contribution in [0.3, 0.4) is 0 Å². The molecule has 8 nitrogen and oxygen atoms in total. The number of rotatable bonds is 8. The van der Waals surface area contributed by atoms with Gasteiger partial charge in [0.1, 0.15) is 5.70 Å². The highest BCUT2D eigenvalue weighted by atomic mass is 32.2. The molecular formula is C15H19N3O5S3. The van der Waals surface area contributed by atoms with Crippen molar-refractivity contribution in [2.45, 2.75) is 25.2 Å². The summed E-state index contributed by atoms with van der Waals surface area (Å²) in [6.07, 6.45) is 0.199. The molecule has 1 heterocycles. The van der Waals surface area contributed by atoms with E-state index in [0.29, 0.717) is 16.6 Å². The van der Waals surface area contributed by atoms with Crippen LogP contribution in [0.4, 0.5) is 0 Å². The van der Waals surface area contributed by atoms with Crippen molar-refractivity contribution in [3.63, 3.8) is 0 Å². The maximum atomic E-state index is 12.5. The molecule has 2 rings (SSSR count). The molecule has 0 atom stereocenters. The van der Waals surface area contributed by atoms with Gasteiger partial charge >= 0.3 is 5.97 Å². The Hall–Kier alpha value is -1.82. The van der Waals surface area contributed by atoms with Gasteiger partial charge in [0.25, 0.3) is 10.0 Å². The monoisotopic (exact) mass is 417 g/mol. The number of ether oxygens (including phenoxy) is 1. The number of esters is 1. The van der Waals surface area contributed by atoms with Crippen molar-refractivity contribution in [3.05, 3.63) is 41.3 Å². The molecule has 142 valence electrons. The summed E-state index contributed by atoms with van der Waals surface area (Å²) in [6.45, 7) is 3.93. The van der Waals surface area contributed by atoms with Crippen LogP contribution in [0.2, 0.25) is 0 Å². The molecule has 0 spiro atoms. The largest absolute Gasteiger partial charge is 0.466 e. The first-order valence-electron chi connectivity index (χ1n) is 7.68. The maximum absolute atomic E-state index is 12.5. The predicted molar refractivity (Wildman–Crippen MR) is 102 cm³/mol. The van der Waals surface area contributed by atoms with Gasteiger partial charge in [0.05, 0.1) is 22.1 Å². The highest BCUT2D eigenvalue weighted by Gasteiger charge is 2.24. The summed E-state index contributed by atoms with van der Waals surface area (Å²) in [5.41, 5.74) is 6.18. The lowest BCUT2D eigenvalue weighted by Gasteiger charge is -2.10. The van der Waals surface area contributed by atoms with Crippen LogP contribution in [-0.2, 0) is 24.5 Å². The van der Waals surface area contributed by atoms with Crippen LogP contribution < -0.4 is 15.7 Å². The average Bonchev–Trinajstić information content (AvgIpc) is 3.03. The Morgan fingerprint density at radius 2 is 2.00 bits per heavy atom. The van der Waals surface area contributed by atoms with Crippen LogP contribution in [0, 0.1) is 6.92 Å². The van der Waals surface area contributed by atoms with Gasteiger partial charge in [0.15, 0.2) is 5.82 Å². The van der Waals surface area contributed by atoms with Gasteiger partial charge in [-0.3, -0.25) is 9.52 Å². The third kappa shape index (κ3) is 5.59. The van der Waals surface area contributed by atoms with Crippen molar-refractivity contribution in [2.75, 3.05) is 12.4 Å². The first-order valence-corrected chi connectivity index (χ1v) is 10.6. The van der Waals surface area contributed by atoms with Crippen LogP contribution in [0.1, 0.15) is 18.9 Å². The zero-order valence-electron chi connectivity index (χ0n) is 14.2. The molecule has 0 saturated carbocycles. The molecule has 0 radical (unpaired) electrons. The number of hydrogen-bond acceptors (Lipinski definition) is 9. The fraction of sp³-hybridized carbons (Fsp3) is 0.333. The molecule has 3 N–H and O–H groups in total. The number of sulfonamides is 1. The number of thioether (sulfide) groups is 1. The lowest BCUT2D eigenvalue weighted by atomic mass is 10.2. The normalized spacial score (nSPS) is 13.8. The van der Waals surface area contributed by atoms with Crippen molar-refractivity contribution in [3.8, 4) is 0 Å². The summed E-state index contributed by atoms with van der Waals surface area (Å²) in [5.74, 6) is 0.172. The smallest absolute Gasteiger partial charge is 0.306 e. The van der Waals surface area contributed by atoms with E-state index in [1.807, 2.05) is 6.92 Å². The molecule has 1 aliphatic heterocycles. The van der Waals surface area contributed by atoms with E-state index in [-0.39, 0.29) is 28.8 Å². The first kappa shape index (κ1) is 20.5. The quantitative estimate of drug-likeness (QED) is 0.428.